The van der Waals surface area contributed by atoms with E-state index in [-0.39, 0.29) is 18.1 Å². The lowest BCUT2D eigenvalue weighted by molar-refractivity contribution is -0.0372. The number of ether oxygens (including phenoxy) is 1. The molecule has 104 valence electrons. The molecular weight excluding hydrogens is 444 g/mol. The van der Waals surface area contributed by atoms with Crippen LogP contribution in [-0.4, -0.2) is 42.0 Å². The Hall–Kier alpha value is 0.150. The van der Waals surface area contributed by atoms with Crippen molar-refractivity contribution in [1.82, 2.24) is 4.90 Å². The Kier molecular flexibility index (Phi) is 5.51. The first-order chi connectivity index (χ1) is 9.02. The second-order valence-electron chi connectivity index (χ2n) is 4.54. The molecule has 1 fully saturated rings. The van der Waals surface area contributed by atoms with Crippen LogP contribution >= 0.6 is 50.1 Å². The van der Waals surface area contributed by atoms with E-state index in [9.17, 15) is 4.79 Å². The maximum absolute atomic E-state index is 12.6. The van der Waals surface area contributed by atoms with Gasteiger partial charge in [0, 0.05) is 14.6 Å². The smallest absolute Gasteiger partial charge is 0.255 e. The van der Waals surface area contributed by atoms with Gasteiger partial charge in [0.15, 0.2) is 0 Å². The number of morpholine rings is 1. The summed E-state index contributed by atoms with van der Waals surface area (Å²) in [7, 11) is 0. The number of carbonyl (C=O) groups is 1. The molecule has 0 bridgehead atoms. The molecule has 1 saturated heterocycles. The molecule has 2 unspecified atom stereocenters. The van der Waals surface area contributed by atoms with E-state index in [0.29, 0.717) is 19.0 Å². The number of hydrogen-bond acceptors (Lipinski definition) is 2. The van der Waals surface area contributed by atoms with E-state index >= 15 is 0 Å². The quantitative estimate of drug-likeness (QED) is 0.502. The van der Waals surface area contributed by atoms with Crippen LogP contribution in [0.5, 0.6) is 0 Å². The summed E-state index contributed by atoms with van der Waals surface area (Å²) < 4.78 is 7.43. The molecule has 3 nitrogen and oxygen atoms in total. The summed E-state index contributed by atoms with van der Waals surface area (Å²) >= 11 is 11.4. The second-order valence-corrected chi connectivity index (χ2v) is 6.93. The fourth-order valence-corrected chi connectivity index (χ4v) is 3.12. The summed E-state index contributed by atoms with van der Waals surface area (Å²) in [6.07, 6.45) is -0.0772. The number of hydrogen-bond donors (Lipinski definition) is 0. The van der Waals surface area contributed by atoms with Crippen LogP contribution in [0.4, 0.5) is 0 Å². The Balaban J connectivity index is 2.24. The Morgan fingerprint density at radius 1 is 1.63 bits per heavy atom. The summed E-state index contributed by atoms with van der Waals surface area (Å²) in [5, 5.41) is 0. The molecule has 0 N–H and O–H groups in total. The molecule has 2 atom stereocenters. The third-order valence-corrected chi connectivity index (χ3v) is 4.88. The second kappa shape index (κ2) is 6.74. The minimum atomic E-state index is -0.0772. The van der Waals surface area contributed by atoms with Crippen LogP contribution in [-0.2, 0) is 4.74 Å². The zero-order valence-electron chi connectivity index (χ0n) is 10.4. The average Bonchev–Trinajstić information content (AvgIpc) is 2.41. The van der Waals surface area contributed by atoms with E-state index < -0.39 is 0 Å². The van der Waals surface area contributed by atoms with Crippen LogP contribution in [0.3, 0.4) is 0 Å². The average molecular weight is 459 g/mol. The molecule has 1 aliphatic rings. The third kappa shape index (κ3) is 3.62. The zero-order valence-corrected chi connectivity index (χ0v) is 14.9. The molecule has 1 heterocycles. The van der Waals surface area contributed by atoms with Crippen molar-refractivity contribution in [2.24, 2.45) is 0 Å². The van der Waals surface area contributed by atoms with Gasteiger partial charge in [0.25, 0.3) is 5.91 Å². The van der Waals surface area contributed by atoms with Gasteiger partial charge in [-0.1, -0.05) is 15.9 Å². The Bertz CT molecular complexity index is 486. The molecule has 1 aromatic rings. The maximum Gasteiger partial charge on any atom is 0.255 e. The van der Waals surface area contributed by atoms with Crippen molar-refractivity contribution in [2.45, 2.75) is 19.1 Å². The number of amides is 1. The SMILES string of the molecule is CC1COC(CCl)CN1C(=O)c1cc(Br)ccc1I. The van der Waals surface area contributed by atoms with Gasteiger partial charge in [0.1, 0.15) is 0 Å². The molecular formula is C13H14BrClINO2. The van der Waals surface area contributed by atoms with Crippen LogP contribution in [0.25, 0.3) is 0 Å². The van der Waals surface area contributed by atoms with E-state index in [0.717, 1.165) is 13.6 Å². The van der Waals surface area contributed by atoms with Crippen molar-refractivity contribution < 1.29 is 9.53 Å². The van der Waals surface area contributed by atoms with Gasteiger partial charge >= 0.3 is 0 Å². The van der Waals surface area contributed by atoms with E-state index in [4.69, 9.17) is 16.3 Å². The van der Waals surface area contributed by atoms with Crippen molar-refractivity contribution in [3.05, 3.63) is 31.8 Å². The van der Waals surface area contributed by atoms with Crippen molar-refractivity contribution in [3.8, 4) is 0 Å². The largest absolute Gasteiger partial charge is 0.373 e. The van der Waals surface area contributed by atoms with Crippen molar-refractivity contribution in [1.29, 1.82) is 0 Å². The first kappa shape index (κ1) is 15.5. The molecule has 0 aliphatic carbocycles. The first-order valence-corrected chi connectivity index (χ1v) is 8.37. The number of carbonyl (C=O) groups excluding carboxylic acids is 1. The standard InChI is InChI=1S/C13H14BrClINO2/c1-8-7-19-10(5-15)6-17(8)13(18)11-4-9(14)2-3-12(11)16/h2-4,8,10H,5-7H2,1H3. The number of halogens is 3. The van der Waals surface area contributed by atoms with Gasteiger partial charge in [-0.05, 0) is 47.7 Å². The van der Waals surface area contributed by atoms with Crippen LogP contribution < -0.4 is 0 Å². The van der Waals surface area contributed by atoms with Crippen molar-refractivity contribution in [2.75, 3.05) is 19.0 Å². The minimum absolute atomic E-state index is 0.0385. The molecule has 0 spiro atoms. The summed E-state index contributed by atoms with van der Waals surface area (Å²) in [5.74, 6) is 0.447. The summed E-state index contributed by atoms with van der Waals surface area (Å²) in [4.78, 5) is 14.5. The monoisotopic (exact) mass is 457 g/mol. The van der Waals surface area contributed by atoms with Crippen molar-refractivity contribution >= 4 is 56.0 Å². The molecule has 0 radical (unpaired) electrons. The lowest BCUT2D eigenvalue weighted by Crippen LogP contribution is -2.51. The van der Waals surface area contributed by atoms with E-state index in [1.165, 1.54) is 0 Å². The summed E-state index contributed by atoms with van der Waals surface area (Å²) in [6.45, 7) is 3.08. The topological polar surface area (TPSA) is 29.5 Å². The summed E-state index contributed by atoms with van der Waals surface area (Å²) in [5.41, 5.74) is 0.719. The molecule has 1 amide bonds. The van der Waals surface area contributed by atoms with Gasteiger partial charge in [-0.2, -0.15) is 0 Å². The molecule has 6 heteroatoms. The molecule has 0 saturated carbocycles. The third-order valence-electron chi connectivity index (χ3n) is 3.10. The van der Waals surface area contributed by atoms with Gasteiger partial charge in [-0.15, -0.1) is 11.6 Å². The lowest BCUT2D eigenvalue weighted by Gasteiger charge is -2.37. The summed E-state index contributed by atoms with van der Waals surface area (Å²) in [6, 6.07) is 5.80. The fraction of sp³-hybridized carbons (Fsp3) is 0.462. The van der Waals surface area contributed by atoms with Crippen LogP contribution in [0.15, 0.2) is 22.7 Å². The maximum atomic E-state index is 12.6. The Labute approximate surface area is 139 Å². The van der Waals surface area contributed by atoms with Gasteiger partial charge in [0.05, 0.1) is 30.2 Å². The number of rotatable bonds is 2. The highest BCUT2D eigenvalue weighted by molar-refractivity contribution is 14.1. The zero-order chi connectivity index (χ0) is 14.0. The Morgan fingerprint density at radius 3 is 3.05 bits per heavy atom. The predicted octanol–water partition coefficient (Wildman–Crippen LogP) is 3.52. The first-order valence-electron chi connectivity index (χ1n) is 5.96. The highest BCUT2D eigenvalue weighted by Crippen LogP contribution is 2.23. The molecule has 0 aromatic heterocycles. The normalized spacial score (nSPS) is 23.5. The minimum Gasteiger partial charge on any atom is -0.373 e. The molecule has 2 rings (SSSR count). The van der Waals surface area contributed by atoms with Gasteiger partial charge in [-0.3, -0.25) is 4.79 Å². The van der Waals surface area contributed by atoms with Crippen LogP contribution in [0.1, 0.15) is 17.3 Å². The van der Waals surface area contributed by atoms with E-state index in [2.05, 4.69) is 38.5 Å². The van der Waals surface area contributed by atoms with E-state index in [1.807, 2.05) is 30.0 Å². The molecule has 19 heavy (non-hydrogen) atoms. The fourth-order valence-electron chi connectivity index (χ4n) is 2.01. The highest BCUT2D eigenvalue weighted by atomic mass is 127. The van der Waals surface area contributed by atoms with Crippen LogP contribution in [0, 0.1) is 3.57 Å². The highest BCUT2D eigenvalue weighted by Gasteiger charge is 2.30. The van der Waals surface area contributed by atoms with Gasteiger partial charge in [-0.25, -0.2) is 0 Å². The number of nitrogens with zero attached hydrogens (tertiary/aromatic N) is 1. The lowest BCUT2D eigenvalue weighted by atomic mass is 10.1. The van der Waals surface area contributed by atoms with Gasteiger partial charge < -0.3 is 9.64 Å². The van der Waals surface area contributed by atoms with Crippen LogP contribution in [0.2, 0.25) is 0 Å². The number of alkyl halides is 1. The van der Waals surface area contributed by atoms with Gasteiger partial charge in [0.2, 0.25) is 0 Å². The number of benzene rings is 1. The van der Waals surface area contributed by atoms with E-state index in [1.54, 1.807) is 0 Å². The molecule has 1 aromatic carbocycles. The predicted molar refractivity (Wildman–Crippen MR) is 87.8 cm³/mol. The van der Waals surface area contributed by atoms with Crippen molar-refractivity contribution in [3.63, 3.8) is 0 Å². The Morgan fingerprint density at radius 2 is 2.37 bits per heavy atom. The molecule has 1 aliphatic heterocycles.